The first-order chi connectivity index (χ1) is 16.1. The molecule has 2 aromatic heterocycles. The number of carbonyl (C=O) groups excluding carboxylic acids is 1. The van der Waals surface area contributed by atoms with Gasteiger partial charge in [-0.3, -0.25) is 9.36 Å². The predicted molar refractivity (Wildman–Crippen MR) is 140 cm³/mol. The van der Waals surface area contributed by atoms with Crippen LogP contribution in [0.4, 0.5) is 16.2 Å². The van der Waals surface area contributed by atoms with Crippen LogP contribution in [0, 0.1) is 0 Å². The van der Waals surface area contributed by atoms with Gasteiger partial charge in [-0.15, -0.1) is 24.0 Å². The monoisotopic (exact) mass is 554 g/mol. The lowest BCUT2D eigenvalue weighted by molar-refractivity contribution is 0.256. The number of benzene rings is 2. The normalized spacial score (nSPS) is 11.4. The first kappa shape index (κ1) is 24.4. The van der Waals surface area contributed by atoms with Crippen molar-refractivity contribution >= 4 is 85.4 Å². The van der Waals surface area contributed by atoms with Crippen molar-refractivity contribution in [1.29, 1.82) is 0 Å². The molecule has 0 radical (unpaired) electrons. The Hall–Kier alpha value is -2.70. The maximum absolute atomic E-state index is 13.1. The Kier molecular flexibility index (Phi) is 6.83. The lowest BCUT2D eigenvalue weighted by Crippen LogP contribution is -2.33. The number of hydrogen-bond donors (Lipinski definition) is 4. The molecule has 0 saturated heterocycles. The highest BCUT2D eigenvalue weighted by atomic mass is 35.5. The van der Waals surface area contributed by atoms with Crippen LogP contribution in [0.25, 0.3) is 16.5 Å². The van der Waals surface area contributed by atoms with Crippen molar-refractivity contribution in [2.75, 3.05) is 17.7 Å². The van der Waals surface area contributed by atoms with Crippen molar-refractivity contribution < 1.29 is 13.2 Å². The number of nitrogens with one attached hydrogen (secondary N) is 3. The number of aromatic nitrogens is 1. The SMILES string of the molecule is CNc1ccc2c(=O)n(-c3ccc(NC(=O)NS(=O)(=O)c4ccc(Cl)s4)cc3Cl)cc(S)c2c1. The zero-order chi connectivity index (χ0) is 24.6. The van der Waals surface area contributed by atoms with E-state index >= 15 is 0 Å². The van der Waals surface area contributed by atoms with E-state index in [1.54, 1.807) is 25.4 Å². The van der Waals surface area contributed by atoms with Crippen LogP contribution in [0.1, 0.15) is 0 Å². The summed E-state index contributed by atoms with van der Waals surface area (Å²) in [5, 5.41) is 6.74. The Labute approximate surface area is 214 Å². The molecule has 4 rings (SSSR count). The number of pyridine rings is 1. The second-order valence-corrected chi connectivity index (χ2v) is 11.5. The number of urea groups is 1. The van der Waals surface area contributed by atoms with Crippen LogP contribution in [-0.2, 0) is 10.0 Å². The number of thiophene rings is 1. The van der Waals surface area contributed by atoms with Crippen molar-refractivity contribution in [1.82, 2.24) is 9.29 Å². The topological polar surface area (TPSA) is 109 Å². The third-order valence-electron chi connectivity index (χ3n) is 4.79. The number of carbonyl (C=O) groups is 1. The quantitative estimate of drug-likeness (QED) is 0.253. The lowest BCUT2D eigenvalue weighted by atomic mass is 10.1. The third kappa shape index (κ3) is 4.89. The summed E-state index contributed by atoms with van der Waals surface area (Å²) in [5.41, 5.74) is 1.14. The number of halogens is 2. The summed E-state index contributed by atoms with van der Waals surface area (Å²) < 4.78 is 28.0. The number of fused-ring (bicyclic) bond motifs is 1. The summed E-state index contributed by atoms with van der Waals surface area (Å²) in [7, 11) is -2.29. The molecular formula is C21H16Cl2N4O4S3. The van der Waals surface area contributed by atoms with Gasteiger partial charge in [0.25, 0.3) is 15.6 Å². The third-order valence-corrected chi connectivity index (χ3v) is 8.50. The van der Waals surface area contributed by atoms with Crippen molar-refractivity contribution in [2.24, 2.45) is 0 Å². The van der Waals surface area contributed by atoms with Crippen LogP contribution >= 0.6 is 47.2 Å². The molecule has 0 bridgehead atoms. The standard InChI is InChI=1S/C21H16Cl2N4O4S3/c1-24-11-2-4-13-14(8-11)17(32)10-27(20(13)28)16-5-3-12(9-15(16)22)25-21(29)26-34(30,31)19-7-6-18(23)33-19/h2-10,24,32H,1H3,(H2,25,26,29). The Morgan fingerprint density at radius 1 is 1.03 bits per heavy atom. The molecule has 3 N–H and O–H groups in total. The first-order valence-corrected chi connectivity index (χ1v) is 13.0. The average Bonchev–Trinajstić information content (AvgIpc) is 3.23. The van der Waals surface area contributed by atoms with E-state index in [9.17, 15) is 18.0 Å². The Morgan fingerprint density at radius 2 is 1.76 bits per heavy atom. The molecular weight excluding hydrogens is 539 g/mol. The number of amides is 2. The molecule has 0 unspecified atom stereocenters. The summed E-state index contributed by atoms with van der Waals surface area (Å²) in [6.07, 6.45) is 1.56. The molecule has 2 aromatic carbocycles. The average molecular weight is 555 g/mol. The molecule has 0 spiro atoms. The summed E-state index contributed by atoms with van der Waals surface area (Å²) in [6.45, 7) is 0. The Bertz CT molecular complexity index is 1600. The lowest BCUT2D eigenvalue weighted by Gasteiger charge is -2.14. The van der Waals surface area contributed by atoms with E-state index in [4.69, 9.17) is 23.2 Å². The molecule has 0 saturated carbocycles. The maximum atomic E-state index is 13.1. The van der Waals surface area contributed by atoms with Crippen molar-refractivity contribution in [2.45, 2.75) is 9.10 Å². The van der Waals surface area contributed by atoms with Crippen LogP contribution in [0.3, 0.4) is 0 Å². The van der Waals surface area contributed by atoms with Crippen LogP contribution in [0.5, 0.6) is 0 Å². The van der Waals surface area contributed by atoms with E-state index in [0.29, 0.717) is 21.4 Å². The van der Waals surface area contributed by atoms with Gasteiger partial charge in [-0.05, 0) is 48.5 Å². The second-order valence-electron chi connectivity index (χ2n) is 6.98. The van der Waals surface area contributed by atoms with Crippen molar-refractivity contribution in [3.8, 4) is 5.69 Å². The minimum Gasteiger partial charge on any atom is -0.388 e. The predicted octanol–water partition coefficient (Wildman–Crippen LogP) is 5.20. The van der Waals surface area contributed by atoms with Gasteiger partial charge in [0.2, 0.25) is 0 Å². The van der Waals surface area contributed by atoms with E-state index in [1.165, 1.54) is 34.9 Å². The number of hydrogen-bond acceptors (Lipinski definition) is 7. The van der Waals surface area contributed by atoms with E-state index in [0.717, 1.165) is 17.0 Å². The molecule has 0 aliphatic heterocycles. The highest BCUT2D eigenvalue weighted by Crippen LogP contribution is 2.28. The van der Waals surface area contributed by atoms with Gasteiger partial charge >= 0.3 is 6.03 Å². The van der Waals surface area contributed by atoms with E-state index < -0.39 is 16.1 Å². The number of sulfonamides is 1. The summed E-state index contributed by atoms with van der Waals surface area (Å²) >= 11 is 17.5. The Balaban J connectivity index is 1.60. The number of anilines is 2. The van der Waals surface area contributed by atoms with Crippen LogP contribution in [-0.4, -0.2) is 26.1 Å². The van der Waals surface area contributed by atoms with Gasteiger partial charge in [0.15, 0.2) is 0 Å². The van der Waals surface area contributed by atoms with Crippen molar-refractivity contribution in [3.05, 3.63) is 74.4 Å². The number of thiol groups is 1. The summed E-state index contributed by atoms with van der Waals surface area (Å²) in [6, 6.07) is 11.5. The summed E-state index contributed by atoms with van der Waals surface area (Å²) in [5.74, 6) is 0. The van der Waals surface area contributed by atoms with Gasteiger partial charge in [0, 0.05) is 40.3 Å². The van der Waals surface area contributed by atoms with Gasteiger partial charge in [0.05, 0.1) is 15.0 Å². The number of nitrogens with zero attached hydrogens (tertiary/aromatic N) is 1. The summed E-state index contributed by atoms with van der Waals surface area (Å²) in [4.78, 5) is 25.9. The van der Waals surface area contributed by atoms with E-state index in [1.807, 2.05) is 10.8 Å². The van der Waals surface area contributed by atoms with Crippen LogP contribution in [0.2, 0.25) is 9.36 Å². The van der Waals surface area contributed by atoms with Gasteiger partial charge in [0.1, 0.15) is 4.21 Å². The first-order valence-electron chi connectivity index (χ1n) is 9.54. The fraction of sp³-hybridized carbons (Fsp3) is 0.0476. The second kappa shape index (κ2) is 9.51. The highest BCUT2D eigenvalue weighted by Gasteiger charge is 2.20. The fourth-order valence-corrected chi connectivity index (χ4v) is 6.17. The van der Waals surface area contributed by atoms with Gasteiger partial charge in [-0.1, -0.05) is 23.2 Å². The molecule has 0 aliphatic rings. The largest absolute Gasteiger partial charge is 0.388 e. The molecule has 0 fully saturated rings. The fourth-order valence-electron chi connectivity index (χ4n) is 3.21. The van der Waals surface area contributed by atoms with Gasteiger partial charge in [-0.2, -0.15) is 0 Å². The molecule has 4 aromatic rings. The Morgan fingerprint density at radius 3 is 2.41 bits per heavy atom. The zero-order valence-corrected chi connectivity index (χ0v) is 21.3. The molecule has 34 heavy (non-hydrogen) atoms. The zero-order valence-electron chi connectivity index (χ0n) is 17.3. The molecule has 176 valence electrons. The van der Waals surface area contributed by atoms with Crippen LogP contribution in [0.15, 0.2) is 68.6 Å². The van der Waals surface area contributed by atoms with Crippen LogP contribution < -0.4 is 20.9 Å². The minimum atomic E-state index is -4.08. The van der Waals surface area contributed by atoms with Gasteiger partial charge in [-0.25, -0.2) is 17.9 Å². The van der Waals surface area contributed by atoms with Crippen molar-refractivity contribution in [3.63, 3.8) is 0 Å². The van der Waals surface area contributed by atoms with E-state index in [2.05, 4.69) is 23.3 Å². The molecule has 2 heterocycles. The maximum Gasteiger partial charge on any atom is 0.333 e. The number of rotatable bonds is 5. The van der Waals surface area contributed by atoms with E-state index in [-0.39, 0.29) is 24.8 Å². The molecule has 8 nitrogen and oxygen atoms in total. The highest BCUT2D eigenvalue weighted by molar-refractivity contribution is 7.92. The molecule has 2 amide bonds. The molecule has 0 atom stereocenters. The minimum absolute atomic E-state index is 0.0962. The molecule has 13 heteroatoms. The van der Waals surface area contributed by atoms with Gasteiger partial charge < -0.3 is 10.6 Å². The smallest absolute Gasteiger partial charge is 0.333 e. The molecule has 0 aliphatic carbocycles.